The molecular weight excluding hydrogens is 358 g/mol. The van der Waals surface area contributed by atoms with Crippen LogP contribution in [0.3, 0.4) is 0 Å². The average molecular weight is 379 g/mol. The number of ether oxygens (including phenoxy) is 1. The van der Waals surface area contributed by atoms with Crippen LogP contribution in [0.2, 0.25) is 0 Å². The second-order valence-corrected chi connectivity index (χ2v) is 8.49. The van der Waals surface area contributed by atoms with Crippen LogP contribution in [0, 0.1) is 0 Å². The van der Waals surface area contributed by atoms with E-state index in [9.17, 15) is 4.79 Å². The summed E-state index contributed by atoms with van der Waals surface area (Å²) in [5.41, 5.74) is 10.8. The monoisotopic (exact) mass is 379 g/mol. The molecule has 1 aliphatic carbocycles. The number of rotatable bonds is 2. The molecule has 0 spiro atoms. The summed E-state index contributed by atoms with van der Waals surface area (Å²) in [6.07, 6.45) is 0.615. The highest BCUT2D eigenvalue weighted by Gasteiger charge is 2.37. The second kappa shape index (κ2) is 6.60. The van der Waals surface area contributed by atoms with E-state index in [2.05, 4.69) is 41.4 Å². The molecule has 2 unspecified atom stereocenters. The Balaban J connectivity index is 1.29. The minimum absolute atomic E-state index is 0.0960. The van der Waals surface area contributed by atoms with Gasteiger partial charge in [0, 0.05) is 19.0 Å². The summed E-state index contributed by atoms with van der Waals surface area (Å²) in [4.78, 5) is 18.9. The zero-order valence-corrected chi connectivity index (χ0v) is 15.7. The number of carbonyl (C=O) groups excluding carboxylic acids is 1. The Labute approximate surface area is 162 Å². The first-order valence-corrected chi connectivity index (χ1v) is 10.2. The van der Waals surface area contributed by atoms with Crippen molar-refractivity contribution in [3.05, 3.63) is 59.7 Å². The van der Waals surface area contributed by atoms with Gasteiger partial charge in [-0.3, -0.25) is 4.99 Å². The summed E-state index contributed by atoms with van der Waals surface area (Å²) in [7, 11) is 0. The molecule has 2 atom stereocenters. The molecule has 138 valence electrons. The number of carbonyl (C=O) groups is 1. The van der Waals surface area contributed by atoms with Gasteiger partial charge in [0.15, 0.2) is 5.17 Å². The van der Waals surface area contributed by atoms with Crippen molar-refractivity contribution < 1.29 is 9.53 Å². The highest BCUT2D eigenvalue weighted by atomic mass is 32.2. The molecule has 2 aromatic rings. The number of aliphatic imine (C=N–C) groups is 1. The SMILES string of the molecule is NC1=NC2CCN(C(=O)OCC3c4ccccc4-c4ccccc43)CC2S1. The topological polar surface area (TPSA) is 67.9 Å². The van der Waals surface area contributed by atoms with Crippen LogP contribution in [-0.2, 0) is 4.74 Å². The first kappa shape index (κ1) is 16.7. The summed E-state index contributed by atoms with van der Waals surface area (Å²) in [5, 5.41) is 0.901. The van der Waals surface area contributed by atoms with E-state index in [-0.39, 0.29) is 23.3 Å². The molecule has 0 saturated carbocycles. The van der Waals surface area contributed by atoms with E-state index in [1.165, 1.54) is 22.3 Å². The summed E-state index contributed by atoms with van der Waals surface area (Å²) >= 11 is 1.57. The van der Waals surface area contributed by atoms with Crippen molar-refractivity contribution in [2.75, 3.05) is 19.7 Å². The van der Waals surface area contributed by atoms with Crippen LogP contribution < -0.4 is 5.73 Å². The van der Waals surface area contributed by atoms with Gasteiger partial charge in [0.25, 0.3) is 0 Å². The lowest BCUT2D eigenvalue weighted by Crippen LogP contribution is -2.46. The summed E-state index contributed by atoms with van der Waals surface area (Å²) in [6, 6.07) is 17.0. The molecule has 5 nitrogen and oxygen atoms in total. The molecule has 6 heteroatoms. The van der Waals surface area contributed by atoms with Crippen LogP contribution >= 0.6 is 11.8 Å². The van der Waals surface area contributed by atoms with Crippen molar-refractivity contribution in [2.24, 2.45) is 10.7 Å². The third-order valence-corrected chi connectivity index (χ3v) is 6.80. The van der Waals surface area contributed by atoms with E-state index in [1.54, 1.807) is 16.7 Å². The molecule has 2 heterocycles. The van der Waals surface area contributed by atoms with Crippen molar-refractivity contribution >= 4 is 23.0 Å². The Morgan fingerprint density at radius 2 is 1.81 bits per heavy atom. The van der Waals surface area contributed by atoms with Crippen molar-refractivity contribution in [3.8, 4) is 11.1 Å². The maximum absolute atomic E-state index is 12.7. The third-order valence-electron chi connectivity index (χ3n) is 5.68. The molecule has 0 aromatic heterocycles. The van der Waals surface area contributed by atoms with Gasteiger partial charge in [-0.15, -0.1) is 0 Å². The van der Waals surface area contributed by atoms with E-state index in [0.29, 0.717) is 24.9 Å². The van der Waals surface area contributed by atoms with Gasteiger partial charge >= 0.3 is 6.09 Å². The van der Waals surface area contributed by atoms with Gasteiger partial charge in [-0.25, -0.2) is 4.79 Å². The van der Waals surface area contributed by atoms with Gasteiger partial charge in [0.1, 0.15) is 6.61 Å². The van der Waals surface area contributed by atoms with E-state index < -0.39 is 0 Å². The number of fused-ring (bicyclic) bond motifs is 4. The van der Waals surface area contributed by atoms with Crippen LogP contribution in [0.15, 0.2) is 53.5 Å². The minimum Gasteiger partial charge on any atom is -0.448 e. The molecule has 2 aromatic carbocycles. The van der Waals surface area contributed by atoms with Crippen LogP contribution in [0.1, 0.15) is 23.5 Å². The smallest absolute Gasteiger partial charge is 0.409 e. The molecule has 27 heavy (non-hydrogen) atoms. The van der Waals surface area contributed by atoms with Crippen molar-refractivity contribution in [3.63, 3.8) is 0 Å². The highest BCUT2D eigenvalue weighted by Crippen LogP contribution is 2.44. The largest absolute Gasteiger partial charge is 0.448 e. The van der Waals surface area contributed by atoms with E-state index >= 15 is 0 Å². The Morgan fingerprint density at radius 3 is 2.52 bits per heavy atom. The number of likely N-dealkylation sites (tertiary alicyclic amines) is 1. The van der Waals surface area contributed by atoms with Gasteiger partial charge in [0.2, 0.25) is 0 Å². The van der Waals surface area contributed by atoms with Crippen LogP contribution in [0.25, 0.3) is 11.1 Å². The van der Waals surface area contributed by atoms with Crippen molar-refractivity contribution in [1.82, 2.24) is 4.90 Å². The lowest BCUT2D eigenvalue weighted by atomic mass is 9.98. The number of benzene rings is 2. The molecule has 1 fully saturated rings. The first-order chi connectivity index (χ1) is 13.2. The number of nitrogens with two attached hydrogens (primary N) is 1. The Hall–Kier alpha value is -2.47. The molecular formula is C21H21N3O2S. The van der Waals surface area contributed by atoms with E-state index in [4.69, 9.17) is 10.5 Å². The lowest BCUT2D eigenvalue weighted by Gasteiger charge is -2.32. The van der Waals surface area contributed by atoms with Gasteiger partial charge in [-0.1, -0.05) is 60.3 Å². The number of amidine groups is 1. The molecule has 0 bridgehead atoms. The molecule has 1 amide bonds. The molecule has 5 rings (SSSR count). The fourth-order valence-electron chi connectivity index (χ4n) is 4.37. The molecule has 3 aliphatic rings. The molecule has 2 aliphatic heterocycles. The lowest BCUT2D eigenvalue weighted by molar-refractivity contribution is 0.0922. The van der Waals surface area contributed by atoms with E-state index in [0.717, 1.165) is 6.42 Å². The van der Waals surface area contributed by atoms with E-state index in [1.807, 2.05) is 12.1 Å². The number of piperidine rings is 1. The number of amides is 1. The highest BCUT2D eigenvalue weighted by molar-refractivity contribution is 8.14. The number of nitrogens with zero attached hydrogens (tertiary/aromatic N) is 2. The number of thioether (sulfide) groups is 1. The van der Waals surface area contributed by atoms with Gasteiger partial charge in [0.05, 0.1) is 11.3 Å². The standard InChI is InChI=1S/C21H21N3O2S/c22-20-23-18-9-10-24(11-19(18)27-20)21(25)26-12-17-15-7-3-1-5-13(15)14-6-2-4-8-16(14)17/h1-8,17-19H,9-12H2,(H2,22,23). The Kier molecular flexibility index (Phi) is 4.08. The fraction of sp³-hybridized carbons (Fsp3) is 0.333. The maximum atomic E-state index is 12.7. The van der Waals surface area contributed by atoms with Crippen LogP contribution in [0.4, 0.5) is 4.79 Å². The zero-order chi connectivity index (χ0) is 18.4. The molecule has 0 radical (unpaired) electrons. The quantitative estimate of drug-likeness (QED) is 0.868. The Bertz CT molecular complexity index is 884. The van der Waals surface area contributed by atoms with Crippen LogP contribution in [-0.4, -0.2) is 47.1 Å². The number of hydrogen-bond acceptors (Lipinski definition) is 5. The predicted molar refractivity (Wildman–Crippen MR) is 108 cm³/mol. The van der Waals surface area contributed by atoms with Crippen molar-refractivity contribution in [1.29, 1.82) is 0 Å². The minimum atomic E-state index is -0.235. The molecule has 1 saturated heterocycles. The van der Waals surface area contributed by atoms with Gasteiger partial charge in [-0.05, 0) is 28.7 Å². The fourth-order valence-corrected chi connectivity index (χ4v) is 5.48. The summed E-state index contributed by atoms with van der Waals surface area (Å²) in [5.74, 6) is 0.0960. The average Bonchev–Trinajstić information content (AvgIpc) is 3.22. The van der Waals surface area contributed by atoms with Gasteiger partial charge in [-0.2, -0.15) is 0 Å². The Morgan fingerprint density at radius 1 is 1.15 bits per heavy atom. The van der Waals surface area contributed by atoms with Crippen LogP contribution in [0.5, 0.6) is 0 Å². The third kappa shape index (κ3) is 2.88. The zero-order valence-electron chi connectivity index (χ0n) is 14.9. The van der Waals surface area contributed by atoms with Gasteiger partial charge < -0.3 is 15.4 Å². The normalized spacial score (nSPS) is 23.4. The predicted octanol–water partition coefficient (Wildman–Crippen LogP) is 3.44. The summed E-state index contributed by atoms with van der Waals surface area (Å²) < 4.78 is 5.76. The van der Waals surface area contributed by atoms with Crippen molar-refractivity contribution in [2.45, 2.75) is 23.6 Å². The first-order valence-electron chi connectivity index (χ1n) is 9.30. The maximum Gasteiger partial charge on any atom is 0.409 e. The number of hydrogen-bond donors (Lipinski definition) is 1. The molecule has 2 N–H and O–H groups in total. The second-order valence-electron chi connectivity index (χ2n) is 7.23. The summed E-state index contributed by atoms with van der Waals surface area (Å²) in [6.45, 7) is 1.69.